The average Bonchev–Trinajstić information content (AvgIpc) is 2.39. The third kappa shape index (κ3) is 177. The predicted octanol–water partition coefficient (Wildman–Crippen LogP) is 4.04. The number of hydrogen-bond donors (Lipinski definition) is 0. The fourth-order valence-corrected chi connectivity index (χ4v) is 0. The Bertz CT molecular complexity index is 42.5. The van der Waals surface area contributed by atoms with Gasteiger partial charge in [-0.3, -0.25) is 0 Å². The Morgan fingerprint density at radius 2 is 0.529 bits per heavy atom. The average molecular weight is 284 g/mol. The molecule has 0 aliphatic rings. The van der Waals surface area contributed by atoms with Gasteiger partial charge in [-0.1, -0.05) is 27.7 Å². The van der Waals surface area contributed by atoms with Gasteiger partial charge in [-0.15, -0.1) is 0 Å². The zero-order valence-corrected chi connectivity index (χ0v) is 14.3. The Labute approximate surface area is 121 Å². The molecule has 0 unspecified atom stereocenters. The van der Waals surface area contributed by atoms with E-state index in [9.17, 15) is 0 Å². The first-order valence-electron chi connectivity index (χ1n) is 5.88. The second-order valence-corrected chi connectivity index (χ2v) is 2.53. The third-order valence-corrected chi connectivity index (χ3v) is 1.26. The van der Waals surface area contributed by atoms with E-state index >= 15 is 0 Å². The Morgan fingerprint density at radius 3 is 0.529 bits per heavy atom. The molecule has 0 saturated heterocycles. The second kappa shape index (κ2) is 55.2. The van der Waals surface area contributed by atoms with Gasteiger partial charge >= 0.3 is 17.4 Å². The first-order valence-corrected chi connectivity index (χ1v) is 5.88. The summed E-state index contributed by atoms with van der Waals surface area (Å²) in [4.78, 5) is 0. The summed E-state index contributed by atoms with van der Waals surface area (Å²) in [6.45, 7) is 11.8. The largest absolute Gasteiger partial charge is 4.00 e. The van der Waals surface area contributed by atoms with Gasteiger partial charge in [0.1, 0.15) is 0 Å². The third-order valence-electron chi connectivity index (χ3n) is 1.26. The normalized spacial score (nSPS) is 7.06. The minimum Gasteiger partial charge on any atom is -0.665 e. The van der Waals surface area contributed by atoms with Crippen LogP contribution < -0.4 is 0 Å². The maximum absolute atomic E-state index is 3.74. The van der Waals surface area contributed by atoms with Crippen molar-refractivity contribution in [2.24, 2.45) is 0 Å². The van der Waals surface area contributed by atoms with Gasteiger partial charge in [-0.05, 0) is 0 Å². The molecule has 0 atom stereocenters. The molecular weight excluding hydrogens is 252 g/mol. The van der Waals surface area contributed by atoms with Crippen molar-refractivity contribution in [3.8, 4) is 0 Å². The zero-order valence-electron chi connectivity index (χ0n) is 13.0. The van der Waals surface area contributed by atoms with Gasteiger partial charge in [0.15, 0.2) is 0 Å². The van der Waals surface area contributed by atoms with Crippen LogP contribution in [0.2, 0.25) is 0 Å². The molecule has 0 radical (unpaired) electrons. The molecule has 17 heavy (non-hydrogen) atoms. The van der Waals surface area contributed by atoms with Crippen LogP contribution in [-0.4, -0.2) is 54.4 Å². The van der Waals surface area contributed by atoms with E-state index in [2.05, 4.69) is 21.3 Å². The molecule has 0 aromatic carbocycles. The molecule has 5 heteroatoms. The summed E-state index contributed by atoms with van der Waals surface area (Å²) in [6.07, 6.45) is 0. The Hall–Kier alpha value is 0.372. The van der Waals surface area contributed by atoms with Gasteiger partial charge in [0, 0.05) is 0 Å². The van der Waals surface area contributed by atoms with Gasteiger partial charge in [-0.25, -0.2) is 0 Å². The van der Waals surface area contributed by atoms with E-state index in [1.807, 2.05) is 27.7 Å². The summed E-state index contributed by atoms with van der Waals surface area (Å²) in [6, 6.07) is 0. The van der Waals surface area contributed by atoms with Crippen molar-refractivity contribution in [2.75, 3.05) is 54.4 Å². The molecule has 0 aromatic heterocycles. The van der Waals surface area contributed by atoms with Crippen molar-refractivity contribution in [1.82, 2.24) is 0 Å². The topological polar surface area (TPSA) is 56.4 Å². The molecule has 0 bridgehead atoms. The first-order chi connectivity index (χ1) is 7.66. The van der Waals surface area contributed by atoms with Gasteiger partial charge in [-0.2, -0.15) is 54.4 Å². The monoisotopic (exact) mass is 284 g/mol. The number of hydrogen-bond acceptors (Lipinski definition) is 0. The van der Waals surface area contributed by atoms with Crippen LogP contribution in [-0.2, 0) is 17.4 Å². The fourth-order valence-electron chi connectivity index (χ4n) is 0. The summed E-state index contributed by atoms with van der Waals surface area (Å²) in [5.74, 6) is 0. The van der Waals surface area contributed by atoms with Crippen LogP contribution in [0.1, 0.15) is 27.7 Å². The molecule has 0 rings (SSSR count). The molecule has 0 heterocycles. The Morgan fingerprint density at radius 1 is 0.471 bits per heavy atom. The fraction of sp³-hybridized carbons (Fsp3) is 1.00. The quantitative estimate of drug-likeness (QED) is 0.748. The molecule has 0 N–H and O–H groups in total. The van der Waals surface area contributed by atoms with Gasteiger partial charge < -0.3 is 21.3 Å². The minimum absolute atomic E-state index is 0. The van der Waals surface area contributed by atoms with E-state index in [0.29, 0.717) is 0 Å². The smallest absolute Gasteiger partial charge is 0.665 e. The Balaban J connectivity index is -0.0000000369. The molecule has 0 spiro atoms. The number of rotatable bonds is 4. The van der Waals surface area contributed by atoms with Crippen molar-refractivity contribution in [3.05, 3.63) is 21.3 Å². The Kier molecular flexibility index (Phi) is 98.8. The molecule has 106 valence electrons. The number of nitrogens with zero attached hydrogens (tertiary/aromatic N) is 4. The van der Waals surface area contributed by atoms with Gasteiger partial charge in [0.2, 0.25) is 0 Å². The minimum atomic E-state index is 0. The molecule has 0 aliphatic heterocycles. The molecule has 0 aromatic rings. The van der Waals surface area contributed by atoms with Crippen LogP contribution in [0.15, 0.2) is 0 Å². The first kappa shape index (κ1) is 30.4. The van der Waals surface area contributed by atoms with Crippen LogP contribution in [0.5, 0.6) is 0 Å². The maximum Gasteiger partial charge on any atom is 4.00 e. The summed E-state index contributed by atoms with van der Waals surface area (Å²) in [5, 5.41) is 14.9. The van der Waals surface area contributed by atoms with E-state index < -0.39 is 0 Å². The molecule has 0 amide bonds. The van der Waals surface area contributed by atoms with Gasteiger partial charge in [0.05, 0.1) is 0 Å². The van der Waals surface area contributed by atoms with E-state index in [1.165, 1.54) is 0 Å². The van der Waals surface area contributed by atoms with Crippen LogP contribution >= 0.6 is 0 Å². The van der Waals surface area contributed by atoms with Crippen LogP contribution in [0.3, 0.4) is 0 Å². The molecule has 0 aliphatic carbocycles. The van der Waals surface area contributed by atoms with Crippen molar-refractivity contribution in [3.63, 3.8) is 0 Å². The van der Waals surface area contributed by atoms with Crippen molar-refractivity contribution in [2.45, 2.75) is 27.7 Å². The summed E-state index contributed by atoms with van der Waals surface area (Å²) >= 11 is 0. The van der Waals surface area contributed by atoms with E-state index in [1.54, 1.807) is 28.2 Å². The summed E-state index contributed by atoms with van der Waals surface area (Å²) < 4.78 is 0. The van der Waals surface area contributed by atoms with E-state index in [-0.39, 0.29) is 17.4 Å². The predicted molar refractivity (Wildman–Crippen MR) is 79.3 cm³/mol. The van der Waals surface area contributed by atoms with Crippen molar-refractivity contribution < 1.29 is 17.4 Å². The maximum atomic E-state index is 3.74. The second-order valence-electron chi connectivity index (χ2n) is 2.53. The van der Waals surface area contributed by atoms with Crippen LogP contribution in [0.25, 0.3) is 21.3 Å². The van der Waals surface area contributed by atoms with Crippen LogP contribution in [0, 0.1) is 0 Å². The summed E-state index contributed by atoms with van der Waals surface area (Å²) in [5.41, 5.74) is 0. The standard InChI is InChI=1S/4C3H8N.Cr/c4*1-3-4-2;/h4*3H2,1-2H3;/q4*-1;+4. The van der Waals surface area contributed by atoms with Crippen molar-refractivity contribution in [1.29, 1.82) is 0 Å². The van der Waals surface area contributed by atoms with E-state index in [4.69, 9.17) is 0 Å². The van der Waals surface area contributed by atoms with Gasteiger partial charge in [0.25, 0.3) is 0 Å². The van der Waals surface area contributed by atoms with E-state index in [0.717, 1.165) is 26.2 Å². The molecule has 0 fully saturated rings. The zero-order chi connectivity index (χ0) is 13.7. The molecule has 0 saturated carbocycles. The van der Waals surface area contributed by atoms with Crippen molar-refractivity contribution >= 4 is 0 Å². The molecular formula is C12H32CrN4. The SMILES string of the molecule is CC[N-]C.CC[N-]C.CC[N-]C.CC[N-]C.[Cr+4]. The summed E-state index contributed by atoms with van der Waals surface area (Å²) in [7, 11) is 7.22. The van der Waals surface area contributed by atoms with Crippen LogP contribution in [0.4, 0.5) is 0 Å². The molecule has 4 nitrogen and oxygen atoms in total.